The molecule has 0 aromatic rings. The molecule has 0 aliphatic carbocycles. The van der Waals surface area contributed by atoms with Crippen LogP contribution in [0.3, 0.4) is 0 Å². The van der Waals surface area contributed by atoms with Crippen LogP contribution in [0, 0.1) is 0 Å². The van der Waals surface area contributed by atoms with Gasteiger partial charge in [-0.25, -0.2) is 0 Å². The second-order valence-corrected chi connectivity index (χ2v) is 2.39. The summed E-state index contributed by atoms with van der Waals surface area (Å²) in [5, 5.41) is 0. The molecule has 2 nitrogen and oxygen atoms in total. The summed E-state index contributed by atoms with van der Waals surface area (Å²) < 4.78 is 10.3. The molecule has 2 heteroatoms. The first-order chi connectivity index (χ1) is 3.70. The summed E-state index contributed by atoms with van der Waals surface area (Å²) in [4.78, 5) is 0. The van der Waals surface area contributed by atoms with Crippen LogP contribution in [0.15, 0.2) is 0 Å². The van der Waals surface area contributed by atoms with E-state index in [1.807, 2.05) is 20.8 Å². The Kier molecular flexibility index (Phi) is 1.54. The van der Waals surface area contributed by atoms with Crippen molar-refractivity contribution < 1.29 is 9.47 Å². The maximum atomic E-state index is 5.25. The Balaban J connectivity index is 2.05. The van der Waals surface area contributed by atoms with Gasteiger partial charge in [-0.15, -0.1) is 0 Å². The first-order valence-corrected chi connectivity index (χ1v) is 3.01. The Morgan fingerprint density at radius 3 is 2.12 bits per heavy atom. The van der Waals surface area contributed by atoms with Crippen molar-refractivity contribution in [1.82, 2.24) is 0 Å². The Morgan fingerprint density at radius 2 is 2.00 bits per heavy atom. The summed E-state index contributed by atoms with van der Waals surface area (Å²) in [6.45, 7) is 6.02. The number of hydrogen-bond donors (Lipinski definition) is 0. The predicted molar refractivity (Wildman–Crippen MR) is 30.6 cm³/mol. The summed E-state index contributed by atoms with van der Waals surface area (Å²) >= 11 is 0. The minimum absolute atomic E-state index is 0.0926. The van der Waals surface area contributed by atoms with Gasteiger partial charge in [-0.3, -0.25) is 0 Å². The minimum Gasteiger partial charge on any atom is -0.347 e. The van der Waals surface area contributed by atoms with Gasteiger partial charge in [0, 0.05) is 0 Å². The monoisotopic (exact) mass is 116 g/mol. The lowest BCUT2D eigenvalue weighted by Crippen LogP contribution is -2.06. The van der Waals surface area contributed by atoms with E-state index in [0.717, 1.165) is 0 Å². The molecule has 1 aliphatic rings. The average molecular weight is 116 g/mol. The molecule has 1 heterocycles. The van der Waals surface area contributed by atoms with E-state index in [0.29, 0.717) is 12.2 Å². The summed E-state index contributed by atoms with van der Waals surface area (Å²) in [5.41, 5.74) is 0. The van der Waals surface area contributed by atoms with E-state index in [4.69, 9.17) is 9.47 Å². The van der Waals surface area contributed by atoms with Crippen LogP contribution in [0.2, 0.25) is 0 Å². The van der Waals surface area contributed by atoms with Crippen molar-refractivity contribution in [3.05, 3.63) is 0 Å². The van der Waals surface area contributed by atoms with Crippen molar-refractivity contribution in [3.63, 3.8) is 0 Å². The molecule has 0 radical (unpaired) electrons. The molecule has 1 fully saturated rings. The molecule has 2 unspecified atom stereocenters. The molecule has 1 aliphatic heterocycles. The highest BCUT2D eigenvalue weighted by Crippen LogP contribution is 2.22. The van der Waals surface area contributed by atoms with Gasteiger partial charge in [0.05, 0.1) is 6.10 Å². The van der Waals surface area contributed by atoms with E-state index < -0.39 is 0 Å². The van der Waals surface area contributed by atoms with Crippen molar-refractivity contribution in [2.24, 2.45) is 0 Å². The van der Waals surface area contributed by atoms with Crippen molar-refractivity contribution in [2.45, 2.75) is 39.3 Å². The van der Waals surface area contributed by atoms with Gasteiger partial charge in [-0.2, -0.15) is 0 Å². The molecule has 0 saturated carbocycles. The van der Waals surface area contributed by atoms with E-state index in [1.54, 1.807) is 0 Å². The second-order valence-electron chi connectivity index (χ2n) is 2.39. The molecule has 0 spiro atoms. The lowest BCUT2D eigenvalue weighted by Gasteiger charge is -2.00. The van der Waals surface area contributed by atoms with Gasteiger partial charge < -0.3 is 9.47 Å². The van der Waals surface area contributed by atoms with Crippen LogP contribution < -0.4 is 0 Å². The van der Waals surface area contributed by atoms with E-state index >= 15 is 0 Å². The third-order valence-electron chi connectivity index (χ3n) is 1.06. The Bertz CT molecular complexity index is 80.6. The molecular weight excluding hydrogens is 104 g/mol. The van der Waals surface area contributed by atoms with Crippen LogP contribution in [0.25, 0.3) is 0 Å². The summed E-state index contributed by atoms with van der Waals surface area (Å²) in [7, 11) is 0. The van der Waals surface area contributed by atoms with Crippen LogP contribution in [0.1, 0.15) is 20.8 Å². The highest BCUT2D eigenvalue weighted by Gasteiger charge is 2.35. The smallest absolute Gasteiger partial charge is 0.184 e. The lowest BCUT2D eigenvalue weighted by atomic mass is 10.4. The maximum Gasteiger partial charge on any atom is 0.184 e. The van der Waals surface area contributed by atoms with Gasteiger partial charge in [0.2, 0.25) is 0 Å². The maximum absolute atomic E-state index is 5.25. The third kappa shape index (κ3) is 1.46. The molecule has 0 N–H and O–H groups in total. The molecule has 0 aromatic carbocycles. The van der Waals surface area contributed by atoms with E-state index in [2.05, 4.69) is 0 Å². The second kappa shape index (κ2) is 2.03. The van der Waals surface area contributed by atoms with E-state index in [-0.39, 0.29) is 6.29 Å². The number of hydrogen-bond acceptors (Lipinski definition) is 2. The fourth-order valence-electron chi connectivity index (χ4n) is 0.577. The fourth-order valence-corrected chi connectivity index (χ4v) is 0.577. The normalized spacial score (nSPS) is 36.0. The SMILES string of the molecule is CC(C)OC1OC1C. The first kappa shape index (κ1) is 6.05. The zero-order valence-corrected chi connectivity index (χ0v) is 5.55. The standard InChI is InChI=1S/C6H12O2/c1-4(2)7-6-5(3)8-6/h4-6H,1-3H3. The van der Waals surface area contributed by atoms with Crippen molar-refractivity contribution in [1.29, 1.82) is 0 Å². The molecule has 8 heavy (non-hydrogen) atoms. The molecular formula is C6H12O2. The minimum atomic E-state index is 0.0926. The lowest BCUT2D eigenvalue weighted by molar-refractivity contribution is 0.00805. The van der Waals surface area contributed by atoms with E-state index in [1.165, 1.54) is 0 Å². The number of epoxide rings is 1. The van der Waals surface area contributed by atoms with Gasteiger partial charge in [-0.05, 0) is 20.8 Å². The molecule has 2 atom stereocenters. The Labute approximate surface area is 49.8 Å². The molecule has 48 valence electrons. The zero-order chi connectivity index (χ0) is 6.15. The quantitative estimate of drug-likeness (QED) is 0.505. The molecule has 0 amide bonds. The predicted octanol–water partition coefficient (Wildman–Crippen LogP) is 1.16. The van der Waals surface area contributed by atoms with Gasteiger partial charge in [0.1, 0.15) is 6.10 Å². The van der Waals surface area contributed by atoms with Gasteiger partial charge in [0.15, 0.2) is 6.29 Å². The van der Waals surface area contributed by atoms with Crippen molar-refractivity contribution >= 4 is 0 Å². The summed E-state index contributed by atoms with van der Waals surface area (Å²) in [6, 6.07) is 0. The van der Waals surface area contributed by atoms with Crippen LogP contribution in [-0.2, 0) is 9.47 Å². The fraction of sp³-hybridized carbons (Fsp3) is 1.00. The zero-order valence-electron chi connectivity index (χ0n) is 5.55. The number of rotatable bonds is 2. The summed E-state index contributed by atoms with van der Waals surface area (Å²) in [5.74, 6) is 0. The highest BCUT2D eigenvalue weighted by molar-refractivity contribution is 4.70. The van der Waals surface area contributed by atoms with Gasteiger partial charge in [-0.1, -0.05) is 0 Å². The molecule has 1 saturated heterocycles. The van der Waals surface area contributed by atoms with Crippen LogP contribution >= 0.6 is 0 Å². The topological polar surface area (TPSA) is 21.8 Å². The van der Waals surface area contributed by atoms with Crippen LogP contribution in [-0.4, -0.2) is 18.5 Å². The van der Waals surface area contributed by atoms with Gasteiger partial charge >= 0.3 is 0 Å². The van der Waals surface area contributed by atoms with Crippen LogP contribution in [0.5, 0.6) is 0 Å². The van der Waals surface area contributed by atoms with Crippen LogP contribution in [0.4, 0.5) is 0 Å². The molecule has 1 rings (SSSR count). The largest absolute Gasteiger partial charge is 0.347 e. The Hall–Kier alpha value is -0.0800. The Morgan fingerprint density at radius 1 is 1.50 bits per heavy atom. The van der Waals surface area contributed by atoms with E-state index in [9.17, 15) is 0 Å². The van der Waals surface area contributed by atoms with Crippen molar-refractivity contribution in [3.8, 4) is 0 Å². The first-order valence-electron chi connectivity index (χ1n) is 3.01. The highest BCUT2D eigenvalue weighted by atomic mass is 16.8. The molecule has 0 aromatic heterocycles. The number of ether oxygens (including phenoxy) is 2. The van der Waals surface area contributed by atoms with Crippen molar-refractivity contribution in [2.75, 3.05) is 0 Å². The third-order valence-corrected chi connectivity index (χ3v) is 1.06. The average Bonchev–Trinajstić information content (AvgIpc) is 2.17. The summed E-state index contributed by atoms with van der Waals surface area (Å²) in [6.07, 6.45) is 0.720. The molecule has 0 bridgehead atoms. The van der Waals surface area contributed by atoms with Gasteiger partial charge in [0.25, 0.3) is 0 Å².